The number of rotatable bonds is 5. The summed E-state index contributed by atoms with van der Waals surface area (Å²) >= 11 is 0. The number of aromatic carboxylic acids is 1. The quantitative estimate of drug-likeness (QED) is 0.886. The molecule has 25 heavy (non-hydrogen) atoms. The molecule has 0 aromatic carbocycles. The molecule has 7 nitrogen and oxygen atoms in total. The molecule has 3 heterocycles. The number of ether oxygens (including phenoxy) is 1. The van der Waals surface area contributed by atoms with Crippen LogP contribution in [0.2, 0.25) is 0 Å². The Kier molecular flexibility index (Phi) is 4.50. The van der Waals surface area contributed by atoms with Gasteiger partial charge in [-0.1, -0.05) is 0 Å². The summed E-state index contributed by atoms with van der Waals surface area (Å²) in [4.78, 5) is 18.4. The van der Waals surface area contributed by atoms with Crippen LogP contribution in [0, 0.1) is 0 Å². The topological polar surface area (TPSA) is 80.5 Å². The van der Waals surface area contributed by atoms with Crippen LogP contribution >= 0.6 is 0 Å². The van der Waals surface area contributed by atoms with Crippen LogP contribution in [0.5, 0.6) is 0 Å². The lowest BCUT2D eigenvalue weighted by atomic mass is 9.90. The first kappa shape index (κ1) is 16.2. The number of carboxylic acid groups (broad SMARTS) is 1. The molecule has 1 aliphatic heterocycles. The van der Waals surface area contributed by atoms with Crippen molar-refractivity contribution in [3.63, 3.8) is 0 Å². The summed E-state index contributed by atoms with van der Waals surface area (Å²) in [6, 6.07) is 1.93. The minimum absolute atomic E-state index is 0.347. The molecule has 1 aliphatic carbocycles. The first-order valence-electron chi connectivity index (χ1n) is 8.80. The normalized spacial score (nSPS) is 17.1. The average Bonchev–Trinajstić information content (AvgIpc) is 3.01. The minimum Gasteiger partial charge on any atom is -0.477 e. The smallest absolute Gasteiger partial charge is 0.354 e. The van der Waals surface area contributed by atoms with E-state index in [-0.39, 0.29) is 0 Å². The fourth-order valence-corrected chi connectivity index (χ4v) is 3.74. The van der Waals surface area contributed by atoms with E-state index in [1.54, 1.807) is 10.9 Å². The maximum Gasteiger partial charge on any atom is 0.354 e. The fraction of sp³-hybridized carbons (Fsp3) is 0.500. The van der Waals surface area contributed by atoms with Gasteiger partial charge in [0.05, 0.1) is 18.9 Å². The highest BCUT2D eigenvalue weighted by molar-refractivity contribution is 5.90. The number of fused-ring (bicyclic) bond motifs is 3. The molecule has 0 spiro atoms. The molecule has 132 valence electrons. The zero-order valence-corrected chi connectivity index (χ0v) is 14.1. The molecule has 2 aromatic heterocycles. The molecular formula is C18H22N4O3. The molecule has 2 aromatic rings. The standard InChI is InChI=1S/C18H22N4O3/c23-18(24)17-15-3-2-13-12-19-5-4-14(13)16(15)20-22(17)7-1-6-21-8-10-25-11-9-21/h4-5,12H,1-3,6-11H2,(H,23,24). The van der Waals surface area contributed by atoms with Gasteiger partial charge in [0.25, 0.3) is 0 Å². The van der Waals surface area contributed by atoms with Crippen LogP contribution in [-0.2, 0) is 24.1 Å². The number of carboxylic acids is 1. The lowest BCUT2D eigenvalue weighted by Gasteiger charge is -2.26. The van der Waals surface area contributed by atoms with Gasteiger partial charge in [0, 0.05) is 49.7 Å². The van der Waals surface area contributed by atoms with E-state index in [4.69, 9.17) is 4.74 Å². The summed E-state index contributed by atoms with van der Waals surface area (Å²) in [7, 11) is 0. The molecule has 1 N–H and O–H groups in total. The third kappa shape index (κ3) is 3.17. The molecule has 4 rings (SSSR count). The van der Waals surface area contributed by atoms with Crippen molar-refractivity contribution in [2.45, 2.75) is 25.8 Å². The van der Waals surface area contributed by atoms with E-state index in [1.807, 2.05) is 12.3 Å². The van der Waals surface area contributed by atoms with E-state index in [1.165, 1.54) is 0 Å². The number of hydrogen-bond donors (Lipinski definition) is 1. The van der Waals surface area contributed by atoms with Gasteiger partial charge < -0.3 is 9.84 Å². The van der Waals surface area contributed by atoms with Crippen molar-refractivity contribution in [1.82, 2.24) is 19.7 Å². The van der Waals surface area contributed by atoms with Crippen molar-refractivity contribution in [2.24, 2.45) is 0 Å². The van der Waals surface area contributed by atoms with Crippen LogP contribution in [0.15, 0.2) is 18.5 Å². The first-order valence-corrected chi connectivity index (χ1v) is 8.80. The Morgan fingerprint density at radius 3 is 2.88 bits per heavy atom. The second-order valence-corrected chi connectivity index (χ2v) is 6.54. The predicted molar refractivity (Wildman–Crippen MR) is 91.7 cm³/mol. The largest absolute Gasteiger partial charge is 0.477 e. The molecule has 0 amide bonds. The number of pyridine rings is 1. The van der Waals surface area contributed by atoms with Crippen molar-refractivity contribution >= 4 is 5.97 Å². The van der Waals surface area contributed by atoms with Gasteiger partial charge in [-0.05, 0) is 30.9 Å². The van der Waals surface area contributed by atoms with Crippen LogP contribution in [0.3, 0.4) is 0 Å². The lowest BCUT2D eigenvalue weighted by molar-refractivity contribution is 0.0367. The van der Waals surface area contributed by atoms with Gasteiger partial charge in [-0.3, -0.25) is 14.6 Å². The number of aryl methyl sites for hydroxylation is 2. The van der Waals surface area contributed by atoms with Crippen molar-refractivity contribution in [1.29, 1.82) is 0 Å². The first-order chi connectivity index (χ1) is 12.2. The van der Waals surface area contributed by atoms with Gasteiger partial charge in [0.2, 0.25) is 0 Å². The van der Waals surface area contributed by atoms with Crippen LogP contribution < -0.4 is 0 Å². The molecular weight excluding hydrogens is 320 g/mol. The molecule has 2 aliphatic rings. The minimum atomic E-state index is -0.891. The van der Waals surface area contributed by atoms with E-state index in [0.29, 0.717) is 18.7 Å². The molecule has 1 saturated heterocycles. The fourth-order valence-electron chi connectivity index (χ4n) is 3.74. The van der Waals surface area contributed by atoms with Crippen LogP contribution in [-0.4, -0.2) is 63.6 Å². The van der Waals surface area contributed by atoms with E-state index in [9.17, 15) is 9.90 Å². The summed E-state index contributed by atoms with van der Waals surface area (Å²) in [5, 5.41) is 14.4. The van der Waals surface area contributed by atoms with E-state index < -0.39 is 5.97 Å². The zero-order chi connectivity index (χ0) is 17.2. The highest BCUT2D eigenvalue weighted by Gasteiger charge is 2.28. The SMILES string of the molecule is O=C(O)c1c2c(nn1CCCN1CCOCC1)-c1ccncc1CC2. The van der Waals surface area contributed by atoms with Crippen LogP contribution in [0.1, 0.15) is 28.0 Å². The Bertz CT molecular complexity index is 781. The van der Waals surface area contributed by atoms with Gasteiger partial charge in [0.15, 0.2) is 0 Å². The molecule has 0 atom stereocenters. The van der Waals surface area contributed by atoms with Crippen molar-refractivity contribution in [3.8, 4) is 11.3 Å². The number of nitrogens with zero attached hydrogens (tertiary/aromatic N) is 4. The Morgan fingerprint density at radius 1 is 1.24 bits per heavy atom. The van der Waals surface area contributed by atoms with Gasteiger partial charge >= 0.3 is 5.97 Å². The van der Waals surface area contributed by atoms with Crippen molar-refractivity contribution < 1.29 is 14.6 Å². The highest BCUT2D eigenvalue weighted by atomic mass is 16.5. The summed E-state index contributed by atoms with van der Waals surface area (Å²) in [6.45, 7) is 5.01. The third-order valence-corrected chi connectivity index (χ3v) is 5.00. The van der Waals surface area contributed by atoms with Gasteiger partial charge in [-0.2, -0.15) is 5.10 Å². The zero-order valence-electron chi connectivity index (χ0n) is 14.1. The number of aromatic nitrogens is 3. The second kappa shape index (κ2) is 6.93. The lowest BCUT2D eigenvalue weighted by Crippen LogP contribution is -2.37. The van der Waals surface area contributed by atoms with Crippen molar-refractivity contribution in [3.05, 3.63) is 35.3 Å². The third-order valence-electron chi connectivity index (χ3n) is 5.00. The molecule has 0 radical (unpaired) electrons. The van der Waals surface area contributed by atoms with E-state index in [0.717, 1.165) is 68.1 Å². The van der Waals surface area contributed by atoms with Crippen LogP contribution in [0.4, 0.5) is 0 Å². The predicted octanol–water partition coefficient (Wildman–Crippen LogP) is 1.46. The van der Waals surface area contributed by atoms with Gasteiger partial charge in [-0.15, -0.1) is 0 Å². The van der Waals surface area contributed by atoms with Crippen molar-refractivity contribution in [2.75, 3.05) is 32.8 Å². The van der Waals surface area contributed by atoms with E-state index in [2.05, 4.69) is 15.0 Å². The molecule has 1 fully saturated rings. The second-order valence-electron chi connectivity index (χ2n) is 6.54. The highest BCUT2D eigenvalue weighted by Crippen LogP contribution is 2.34. The van der Waals surface area contributed by atoms with Gasteiger partial charge in [0.1, 0.15) is 5.69 Å². The Labute approximate surface area is 146 Å². The summed E-state index contributed by atoms with van der Waals surface area (Å²) < 4.78 is 7.04. The maximum atomic E-state index is 11.8. The average molecular weight is 342 g/mol. The molecule has 7 heteroatoms. The number of carbonyl (C=O) groups is 1. The summed E-state index contributed by atoms with van der Waals surface area (Å²) in [6.07, 6.45) is 6.00. The van der Waals surface area contributed by atoms with E-state index >= 15 is 0 Å². The number of hydrogen-bond acceptors (Lipinski definition) is 5. The molecule has 0 bridgehead atoms. The molecule has 0 unspecified atom stereocenters. The monoisotopic (exact) mass is 342 g/mol. The molecule has 0 saturated carbocycles. The summed E-state index contributed by atoms with van der Waals surface area (Å²) in [5.41, 5.74) is 4.18. The Hall–Kier alpha value is -2.25. The van der Waals surface area contributed by atoms with Gasteiger partial charge in [-0.25, -0.2) is 4.79 Å². The Morgan fingerprint density at radius 2 is 2.08 bits per heavy atom. The van der Waals surface area contributed by atoms with Crippen LogP contribution in [0.25, 0.3) is 11.3 Å². The maximum absolute atomic E-state index is 11.8. The summed E-state index contributed by atoms with van der Waals surface area (Å²) in [5.74, 6) is -0.891. The Balaban J connectivity index is 1.56. The number of morpholine rings is 1.